The summed E-state index contributed by atoms with van der Waals surface area (Å²) in [6.07, 6.45) is -1.35. The van der Waals surface area contributed by atoms with Crippen LogP contribution in [0, 0.1) is 0 Å². The van der Waals surface area contributed by atoms with Crippen molar-refractivity contribution in [3.8, 4) is 5.75 Å². The van der Waals surface area contributed by atoms with E-state index < -0.39 is 18.8 Å². The maximum absolute atomic E-state index is 10.9. The Morgan fingerprint density at radius 3 is 2.71 bits per heavy atom. The molecule has 0 saturated carbocycles. The molecular weight excluding hydrogens is 186 g/mol. The number of primary amides is 1. The van der Waals surface area contributed by atoms with E-state index in [9.17, 15) is 4.79 Å². The maximum Gasteiger partial charge on any atom is 0.252 e. The minimum atomic E-state index is -1.35. The Kier molecular flexibility index (Phi) is 3.44. The molecule has 0 fully saturated rings. The van der Waals surface area contributed by atoms with Crippen molar-refractivity contribution in [2.75, 3.05) is 6.61 Å². The number of aliphatic hydroxyl groups excluding tert-OH is 2. The number of para-hydroxylation sites is 1. The molecule has 1 rings (SSSR count). The van der Waals surface area contributed by atoms with Gasteiger partial charge in [0.05, 0.1) is 5.56 Å². The molecule has 0 heterocycles. The fraction of sp³-hybridized carbons (Fsp3) is 0.222. The van der Waals surface area contributed by atoms with E-state index in [-0.39, 0.29) is 11.3 Å². The smallest absolute Gasteiger partial charge is 0.252 e. The van der Waals surface area contributed by atoms with E-state index in [2.05, 4.69) is 0 Å². The summed E-state index contributed by atoms with van der Waals surface area (Å²) in [5.41, 5.74) is 5.24. The molecule has 1 amide bonds. The van der Waals surface area contributed by atoms with Gasteiger partial charge in [0.1, 0.15) is 12.4 Å². The summed E-state index contributed by atoms with van der Waals surface area (Å²) in [6.45, 7) is -0.549. The van der Waals surface area contributed by atoms with E-state index in [0.29, 0.717) is 0 Å². The summed E-state index contributed by atoms with van der Waals surface area (Å²) in [7, 11) is 0. The quantitative estimate of drug-likeness (QED) is 0.566. The highest BCUT2D eigenvalue weighted by molar-refractivity contribution is 5.95. The van der Waals surface area contributed by atoms with Gasteiger partial charge < -0.3 is 20.7 Å². The second kappa shape index (κ2) is 4.59. The Hall–Kier alpha value is -1.59. The maximum atomic E-state index is 10.9. The van der Waals surface area contributed by atoms with Gasteiger partial charge in [-0.1, -0.05) is 12.1 Å². The lowest BCUT2D eigenvalue weighted by Crippen LogP contribution is -2.22. The number of nitrogens with two attached hydrogens (primary N) is 1. The largest absolute Gasteiger partial charge is 0.462 e. The number of rotatable bonds is 4. The van der Waals surface area contributed by atoms with Crippen LogP contribution in [0.2, 0.25) is 0 Å². The molecule has 0 spiro atoms. The van der Waals surface area contributed by atoms with Crippen LogP contribution in [-0.2, 0) is 0 Å². The predicted molar refractivity (Wildman–Crippen MR) is 48.7 cm³/mol. The molecule has 76 valence electrons. The molecule has 0 aliphatic rings. The number of hydrogen-bond acceptors (Lipinski definition) is 4. The van der Waals surface area contributed by atoms with Gasteiger partial charge in [0.2, 0.25) is 6.29 Å². The van der Waals surface area contributed by atoms with Crippen LogP contribution >= 0.6 is 0 Å². The fourth-order valence-corrected chi connectivity index (χ4v) is 0.957. The van der Waals surface area contributed by atoms with Crippen molar-refractivity contribution in [2.45, 2.75) is 6.29 Å². The van der Waals surface area contributed by atoms with Crippen molar-refractivity contribution in [1.29, 1.82) is 0 Å². The van der Waals surface area contributed by atoms with Crippen molar-refractivity contribution in [3.63, 3.8) is 0 Å². The summed E-state index contributed by atoms with van der Waals surface area (Å²) < 4.78 is 4.86. The Labute approximate surface area is 80.7 Å². The van der Waals surface area contributed by atoms with Gasteiger partial charge in [0.15, 0.2) is 0 Å². The van der Waals surface area contributed by atoms with E-state index in [1.165, 1.54) is 12.1 Å². The van der Waals surface area contributed by atoms with Crippen molar-refractivity contribution < 1.29 is 19.7 Å². The molecule has 1 unspecified atom stereocenters. The molecular formula is C9H11NO4. The van der Waals surface area contributed by atoms with Crippen LogP contribution in [-0.4, -0.2) is 29.0 Å². The topological polar surface area (TPSA) is 92.8 Å². The van der Waals surface area contributed by atoms with Crippen LogP contribution in [0.5, 0.6) is 5.75 Å². The number of benzene rings is 1. The molecule has 5 nitrogen and oxygen atoms in total. The highest BCUT2D eigenvalue weighted by Crippen LogP contribution is 2.17. The summed E-state index contributed by atoms with van der Waals surface area (Å²) in [4.78, 5) is 10.9. The Bertz CT molecular complexity index is 326. The lowest BCUT2D eigenvalue weighted by Gasteiger charge is -2.12. The molecule has 0 radical (unpaired) electrons. The number of hydrogen-bond donors (Lipinski definition) is 3. The number of carbonyl (C=O) groups excluding carboxylic acids is 1. The van der Waals surface area contributed by atoms with Crippen molar-refractivity contribution in [1.82, 2.24) is 0 Å². The average Bonchev–Trinajstić information content (AvgIpc) is 2.18. The van der Waals surface area contributed by atoms with Gasteiger partial charge in [-0.15, -0.1) is 0 Å². The summed E-state index contributed by atoms with van der Waals surface area (Å²) in [6, 6.07) is 6.21. The van der Waals surface area contributed by atoms with E-state index in [1.54, 1.807) is 12.1 Å². The van der Waals surface area contributed by atoms with Crippen LogP contribution < -0.4 is 10.5 Å². The van der Waals surface area contributed by atoms with Crippen LogP contribution in [0.1, 0.15) is 10.4 Å². The fourth-order valence-electron chi connectivity index (χ4n) is 0.957. The molecule has 0 aliphatic heterocycles. The van der Waals surface area contributed by atoms with E-state index >= 15 is 0 Å². The van der Waals surface area contributed by atoms with Gasteiger partial charge in [-0.3, -0.25) is 4.79 Å². The van der Waals surface area contributed by atoms with Crippen LogP contribution in [0.4, 0.5) is 0 Å². The molecule has 14 heavy (non-hydrogen) atoms. The summed E-state index contributed by atoms with van der Waals surface area (Å²) >= 11 is 0. The van der Waals surface area contributed by atoms with Gasteiger partial charge in [0, 0.05) is 0 Å². The van der Waals surface area contributed by atoms with Crippen LogP contribution in [0.3, 0.4) is 0 Å². The highest BCUT2D eigenvalue weighted by Gasteiger charge is 2.11. The van der Waals surface area contributed by atoms with Crippen molar-refractivity contribution >= 4 is 5.91 Å². The van der Waals surface area contributed by atoms with Gasteiger partial charge in [-0.2, -0.15) is 0 Å². The standard InChI is InChI=1S/C9H11NO4/c10-9(13)6-3-1-2-4-7(6)14-8(12)5-11/h1-4,8,11-12H,5H2,(H2,10,13). The third-order valence-electron chi connectivity index (χ3n) is 1.57. The Morgan fingerprint density at radius 1 is 1.50 bits per heavy atom. The predicted octanol–water partition coefficient (Wildman–Crippen LogP) is -0.525. The average molecular weight is 197 g/mol. The third kappa shape index (κ3) is 2.45. The number of carbonyl (C=O) groups is 1. The zero-order valence-electron chi connectivity index (χ0n) is 7.38. The Balaban J connectivity index is 2.90. The van der Waals surface area contributed by atoms with Crippen LogP contribution in [0.15, 0.2) is 24.3 Å². The van der Waals surface area contributed by atoms with E-state index in [0.717, 1.165) is 0 Å². The second-order valence-electron chi connectivity index (χ2n) is 2.62. The molecule has 1 aromatic rings. The number of amides is 1. The first kappa shape index (κ1) is 10.5. The van der Waals surface area contributed by atoms with E-state index in [1.807, 2.05) is 0 Å². The zero-order valence-corrected chi connectivity index (χ0v) is 7.38. The van der Waals surface area contributed by atoms with E-state index in [4.69, 9.17) is 20.7 Å². The SMILES string of the molecule is NC(=O)c1ccccc1OC(O)CO. The minimum absolute atomic E-state index is 0.154. The third-order valence-corrected chi connectivity index (χ3v) is 1.57. The molecule has 1 aromatic carbocycles. The van der Waals surface area contributed by atoms with Crippen molar-refractivity contribution in [2.24, 2.45) is 5.73 Å². The lowest BCUT2D eigenvalue weighted by molar-refractivity contribution is -0.0551. The first-order valence-electron chi connectivity index (χ1n) is 3.99. The molecule has 0 aliphatic carbocycles. The zero-order chi connectivity index (χ0) is 10.6. The molecule has 0 saturated heterocycles. The number of ether oxygens (including phenoxy) is 1. The highest BCUT2D eigenvalue weighted by atomic mass is 16.6. The molecule has 0 bridgehead atoms. The second-order valence-corrected chi connectivity index (χ2v) is 2.62. The molecule has 4 N–H and O–H groups in total. The number of aliphatic hydroxyl groups is 2. The first-order valence-corrected chi connectivity index (χ1v) is 3.99. The monoisotopic (exact) mass is 197 g/mol. The van der Waals surface area contributed by atoms with Gasteiger partial charge >= 0.3 is 0 Å². The van der Waals surface area contributed by atoms with Gasteiger partial charge in [-0.05, 0) is 12.1 Å². The molecule has 5 heteroatoms. The van der Waals surface area contributed by atoms with Gasteiger partial charge in [0.25, 0.3) is 5.91 Å². The first-order chi connectivity index (χ1) is 6.65. The molecule has 1 atom stereocenters. The molecule has 0 aromatic heterocycles. The van der Waals surface area contributed by atoms with Crippen LogP contribution in [0.25, 0.3) is 0 Å². The Morgan fingerprint density at radius 2 is 2.14 bits per heavy atom. The lowest BCUT2D eigenvalue weighted by atomic mass is 10.2. The normalized spacial score (nSPS) is 12.1. The van der Waals surface area contributed by atoms with Crippen molar-refractivity contribution in [3.05, 3.63) is 29.8 Å². The summed E-state index contributed by atoms with van der Waals surface area (Å²) in [5.74, 6) is -0.493. The summed E-state index contributed by atoms with van der Waals surface area (Å²) in [5, 5.41) is 17.5. The minimum Gasteiger partial charge on any atom is -0.462 e. The van der Waals surface area contributed by atoms with Gasteiger partial charge in [-0.25, -0.2) is 0 Å².